The van der Waals surface area contributed by atoms with Crippen LogP contribution >= 0.6 is 0 Å². The summed E-state index contributed by atoms with van der Waals surface area (Å²) in [5, 5.41) is 0. The topological polar surface area (TPSA) is 55.8 Å². The van der Waals surface area contributed by atoms with Crippen molar-refractivity contribution < 1.29 is 23.5 Å². The van der Waals surface area contributed by atoms with Gasteiger partial charge in [0.15, 0.2) is 0 Å². The van der Waals surface area contributed by atoms with Crippen LogP contribution in [0.5, 0.6) is 5.75 Å². The molecule has 4 rings (SSSR count). The molecule has 0 unspecified atom stereocenters. The summed E-state index contributed by atoms with van der Waals surface area (Å²) in [5.74, 6) is -0.710. The van der Waals surface area contributed by atoms with Gasteiger partial charge in [0, 0.05) is 18.0 Å². The zero-order valence-corrected chi connectivity index (χ0v) is 14.1. The number of carbonyl (C=O) groups excluding carboxylic acids is 2. The average Bonchev–Trinajstić information content (AvgIpc) is 3.04. The Morgan fingerprint density at radius 1 is 1.15 bits per heavy atom. The predicted molar refractivity (Wildman–Crippen MR) is 92.2 cm³/mol. The molecule has 0 radical (unpaired) electrons. The second-order valence-electron chi connectivity index (χ2n) is 6.18. The van der Waals surface area contributed by atoms with Gasteiger partial charge >= 0.3 is 5.97 Å². The monoisotopic (exact) mass is 353 g/mol. The Kier molecular flexibility index (Phi) is 3.95. The molecule has 2 aromatic carbocycles. The number of halogens is 1. The summed E-state index contributed by atoms with van der Waals surface area (Å²) in [6.45, 7) is 0.0255. The number of carbonyl (C=O) groups is 2. The van der Waals surface area contributed by atoms with Crippen molar-refractivity contribution in [1.29, 1.82) is 0 Å². The molecule has 2 aliphatic heterocycles. The van der Waals surface area contributed by atoms with Crippen LogP contribution in [0.4, 0.5) is 10.1 Å². The minimum absolute atomic E-state index is 0.0255. The number of nitrogens with zero attached hydrogens (tertiary/aromatic N) is 1. The van der Waals surface area contributed by atoms with Crippen molar-refractivity contribution in [3.05, 3.63) is 71.2 Å². The molecule has 6 heteroatoms. The van der Waals surface area contributed by atoms with Crippen LogP contribution < -0.4 is 9.64 Å². The SMILES string of the molecule is COc1cccc([C@H]2CC(=O)N(c3ccc(F)cc3)C3=C2C(=O)OC3)c1. The summed E-state index contributed by atoms with van der Waals surface area (Å²) in [5.41, 5.74) is 2.34. The number of hydrogen-bond acceptors (Lipinski definition) is 4. The molecular formula is C20H16FNO4. The lowest BCUT2D eigenvalue weighted by Crippen LogP contribution is -2.37. The van der Waals surface area contributed by atoms with Gasteiger partial charge in [0.05, 0.1) is 18.4 Å². The van der Waals surface area contributed by atoms with Crippen LogP contribution in [0.15, 0.2) is 59.8 Å². The molecule has 0 aromatic heterocycles. The van der Waals surface area contributed by atoms with Crippen LogP contribution in [-0.2, 0) is 14.3 Å². The molecule has 0 spiro atoms. The van der Waals surface area contributed by atoms with Crippen molar-refractivity contribution >= 4 is 17.6 Å². The van der Waals surface area contributed by atoms with Gasteiger partial charge in [-0.15, -0.1) is 0 Å². The molecule has 5 nitrogen and oxygen atoms in total. The van der Waals surface area contributed by atoms with Crippen molar-refractivity contribution in [2.75, 3.05) is 18.6 Å². The van der Waals surface area contributed by atoms with E-state index in [4.69, 9.17) is 9.47 Å². The standard InChI is InChI=1S/C20H16FNO4/c1-25-15-4-2-3-12(9-15)16-10-18(23)22(14-7-5-13(21)6-8-14)17-11-26-20(24)19(16)17/h2-9,16H,10-11H2,1H3/t16-/m1/s1. The van der Waals surface area contributed by atoms with Gasteiger partial charge in [-0.25, -0.2) is 9.18 Å². The van der Waals surface area contributed by atoms with Crippen LogP contribution in [0.2, 0.25) is 0 Å². The smallest absolute Gasteiger partial charge is 0.336 e. The molecule has 132 valence electrons. The van der Waals surface area contributed by atoms with Gasteiger partial charge in [0.2, 0.25) is 5.91 Å². The molecule has 1 atom stereocenters. The predicted octanol–water partition coefficient (Wildman–Crippen LogP) is 3.17. The third-order valence-corrected chi connectivity index (χ3v) is 4.70. The fraction of sp³-hybridized carbons (Fsp3) is 0.200. The minimum atomic E-state index is -0.424. The maximum Gasteiger partial charge on any atom is 0.336 e. The van der Waals surface area contributed by atoms with Crippen LogP contribution in [0.3, 0.4) is 0 Å². The van der Waals surface area contributed by atoms with E-state index in [-0.39, 0.29) is 30.7 Å². The summed E-state index contributed by atoms with van der Waals surface area (Å²) < 4.78 is 23.7. The molecule has 2 aliphatic rings. The lowest BCUT2D eigenvalue weighted by molar-refractivity contribution is -0.136. The van der Waals surface area contributed by atoms with Gasteiger partial charge in [-0.1, -0.05) is 12.1 Å². The molecule has 0 N–H and O–H groups in total. The molecule has 2 heterocycles. The fourth-order valence-electron chi connectivity index (χ4n) is 3.49. The van der Waals surface area contributed by atoms with Crippen LogP contribution in [0, 0.1) is 5.82 Å². The normalized spacial score (nSPS) is 19.5. The van der Waals surface area contributed by atoms with Crippen LogP contribution in [0.1, 0.15) is 17.9 Å². The van der Waals surface area contributed by atoms with E-state index in [1.807, 2.05) is 18.2 Å². The summed E-state index contributed by atoms with van der Waals surface area (Å²) in [6, 6.07) is 12.9. The Balaban J connectivity index is 1.81. The van der Waals surface area contributed by atoms with E-state index < -0.39 is 5.97 Å². The number of cyclic esters (lactones) is 1. The lowest BCUT2D eigenvalue weighted by Gasteiger charge is -2.32. The van der Waals surface area contributed by atoms with E-state index >= 15 is 0 Å². The highest BCUT2D eigenvalue weighted by atomic mass is 19.1. The largest absolute Gasteiger partial charge is 0.497 e. The van der Waals surface area contributed by atoms with Crippen molar-refractivity contribution in [3.8, 4) is 5.75 Å². The molecule has 2 aromatic rings. The van der Waals surface area contributed by atoms with Crippen LogP contribution in [0.25, 0.3) is 0 Å². The first-order valence-electron chi connectivity index (χ1n) is 8.21. The third-order valence-electron chi connectivity index (χ3n) is 4.70. The molecule has 0 saturated carbocycles. The number of esters is 1. The number of rotatable bonds is 3. The molecule has 1 amide bonds. The highest BCUT2D eigenvalue weighted by Crippen LogP contribution is 2.42. The molecule has 0 aliphatic carbocycles. The van der Waals surface area contributed by atoms with E-state index in [0.717, 1.165) is 5.56 Å². The zero-order valence-electron chi connectivity index (χ0n) is 14.1. The first-order chi connectivity index (χ1) is 12.6. The van der Waals surface area contributed by atoms with E-state index in [1.165, 1.54) is 29.2 Å². The first kappa shape index (κ1) is 16.3. The van der Waals surface area contributed by atoms with Crippen molar-refractivity contribution in [1.82, 2.24) is 0 Å². The van der Waals surface area contributed by atoms with Crippen molar-refractivity contribution in [2.24, 2.45) is 0 Å². The second-order valence-corrected chi connectivity index (χ2v) is 6.18. The number of anilines is 1. The minimum Gasteiger partial charge on any atom is -0.497 e. The van der Waals surface area contributed by atoms with Crippen molar-refractivity contribution in [2.45, 2.75) is 12.3 Å². The number of methoxy groups -OCH3 is 1. The second kappa shape index (κ2) is 6.29. The Labute approximate surface area is 149 Å². The Morgan fingerprint density at radius 3 is 2.65 bits per heavy atom. The number of ether oxygens (including phenoxy) is 2. The average molecular weight is 353 g/mol. The lowest BCUT2D eigenvalue weighted by atomic mass is 9.84. The van der Waals surface area contributed by atoms with Gasteiger partial charge in [-0.3, -0.25) is 9.69 Å². The van der Waals surface area contributed by atoms with Crippen LogP contribution in [-0.4, -0.2) is 25.6 Å². The van der Waals surface area contributed by atoms with Gasteiger partial charge in [0.1, 0.15) is 18.2 Å². The molecule has 26 heavy (non-hydrogen) atoms. The maximum atomic E-state index is 13.2. The third kappa shape index (κ3) is 2.63. The van der Waals surface area contributed by atoms with E-state index in [2.05, 4.69) is 0 Å². The number of hydrogen-bond donors (Lipinski definition) is 0. The Hall–Kier alpha value is -3.15. The van der Waals surface area contributed by atoms with Gasteiger partial charge in [0.25, 0.3) is 0 Å². The highest BCUT2D eigenvalue weighted by Gasteiger charge is 2.43. The highest BCUT2D eigenvalue weighted by molar-refractivity contribution is 6.06. The Morgan fingerprint density at radius 2 is 1.92 bits per heavy atom. The quantitative estimate of drug-likeness (QED) is 0.796. The van der Waals surface area contributed by atoms with Gasteiger partial charge < -0.3 is 9.47 Å². The van der Waals surface area contributed by atoms with Gasteiger partial charge in [-0.05, 0) is 42.0 Å². The Bertz CT molecular complexity index is 920. The maximum absolute atomic E-state index is 13.2. The first-order valence-corrected chi connectivity index (χ1v) is 8.21. The summed E-state index contributed by atoms with van der Waals surface area (Å²) in [6.07, 6.45) is 0.123. The van der Waals surface area contributed by atoms with Gasteiger partial charge in [-0.2, -0.15) is 0 Å². The molecule has 0 fully saturated rings. The number of amides is 1. The van der Waals surface area contributed by atoms with Crippen molar-refractivity contribution in [3.63, 3.8) is 0 Å². The molecule has 0 saturated heterocycles. The van der Waals surface area contributed by atoms with E-state index in [9.17, 15) is 14.0 Å². The summed E-state index contributed by atoms with van der Waals surface area (Å²) >= 11 is 0. The van der Waals surface area contributed by atoms with E-state index in [1.54, 1.807) is 13.2 Å². The number of benzene rings is 2. The summed E-state index contributed by atoms with van der Waals surface area (Å²) in [4.78, 5) is 26.7. The van der Waals surface area contributed by atoms with E-state index in [0.29, 0.717) is 22.7 Å². The molecule has 0 bridgehead atoms. The summed E-state index contributed by atoms with van der Waals surface area (Å²) in [7, 11) is 1.57. The zero-order chi connectivity index (χ0) is 18.3. The fourth-order valence-corrected chi connectivity index (χ4v) is 3.49. The molecular weight excluding hydrogens is 337 g/mol.